The number of hydrogen-bond acceptors (Lipinski definition) is 3. The molecule has 0 bridgehead atoms. The van der Waals surface area contributed by atoms with Gasteiger partial charge < -0.3 is 15.5 Å². The summed E-state index contributed by atoms with van der Waals surface area (Å²) in [5.41, 5.74) is 5.48. The fourth-order valence-electron chi connectivity index (χ4n) is 2.46. The molecule has 1 rings (SSSR count). The molecule has 17 heavy (non-hydrogen) atoms. The monoisotopic (exact) mass is 241 g/mol. The Morgan fingerprint density at radius 1 is 1.47 bits per heavy atom. The van der Waals surface area contributed by atoms with Crippen LogP contribution in [0.5, 0.6) is 0 Å². The standard InChI is InChI=1S/C13H27N3O/c1-11(5-4-8-14)13(17)16(3)12-6-9-15(2)10-7-12/h11-12H,4-10,14H2,1-3H3. The first-order valence-electron chi connectivity index (χ1n) is 6.71. The van der Waals surface area contributed by atoms with E-state index in [1.165, 1.54) is 0 Å². The average molecular weight is 241 g/mol. The van der Waals surface area contributed by atoms with Gasteiger partial charge in [0.1, 0.15) is 0 Å². The van der Waals surface area contributed by atoms with E-state index in [4.69, 9.17) is 5.73 Å². The third-order valence-corrected chi connectivity index (χ3v) is 3.85. The van der Waals surface area contributed by atoms with Crippen molar-refractivity contribution in [1.82, 2.24) is 9.80 Å². The lowest BCUT2D eigenvalue weighted by Crippen LogP contribution is -2.46. The maximum absolute atomic E-state index is 12.2. The Hall–Kier alpha value is -0.610. The molecule has 0 aromatic heterocycles. The van der Waals surface area contributed by atoms with Crippen molar-refractivity contribution in [3.8, 4) is 0 Å². The van der Waals surface area contributed by atoms with Crippen LogP contribution in [0.2, 0.25) is 0 Å². The number of likely N-dealkylation sites (tertiary alicyclic amines) is 1. The zero-order valence-corrected chi connectivity index (χ0v) is 11.5. The van der Waals surface area contributed by atoms with E-state index in [0.29, 0.717) is 12.6 Å². The Bertz CT molecular complexity index is 237. The molecule has 1 atom stereocenters. The Morgan fingerprint density at radius 2 is 2.06 bits per heavy atom. The van der Waals surface area contributed by atoms with E-state index in [2.05, 4.69) is 11.9 Å². The highest BCUT2D eigenvalue weighted by Gasteiger charge is 2.26. The molecule has 1 saturated heterocycles. The van der Waals surface area contributed by atoms with Gasteiger partial charge in [-0.15, -0.1) is 0 Å². The summed E-state index contributed by atoms with van der Waals surface area (Å²) in [4.78, 5) is 16.5. The van der Waals surface area contributed by atoms with Crippen LogP contribution in [0, 0.1) is 5.92 Å². The highest BCUT2D eigenvalue weighted by Crippen LogP contribution is 2.17. The maximum Gasteiger partial charge on any atom is 0.225 e. The third-order valence-electron chi connectivity index (χ3n) is 3.85. The molecule has 1 aliphatic heterocycles. The number of carbonyl (C=O) groups is 1. The van der Waals surface area contributed by atoms with Crippen LogP contribution < -0.4 is 5.73 Å². The normalized spacial score (nSPS) is 20.2. The molecule has 1 aliphatic rings. The average Bonchev–Trinajstić information content (AvgIpc) is 2.35. The van der Waals surface area contributed by atoms with Gasteiger partial charge in [-0.2, -0.15) is 0 Å². The van der Waals surface area contributed by atoms with Crippen LogP contribution in [0.15, 0.2) is 0 Å². The molecule has 0 saturated carbocycles. The number of rotatable bonds is 5. The minimum absolute atomic E-state index is 0.114. The Kier molecular flexibility index (Phi) is 5.92. The zero-order chi connectivity index (χ0) is 12.8. The molecule has 4 nitrogen and oxygen atoms in total. The molecule has 1 heterocycles. The van der Waals surface area contributed by atoms with E-state index in [9.17, 15) is 4.79 Å². The molecule has 2 N–H and O–H groups in total. The van der Waals surface area contributed by atoms with E-state index in [-0.39, 0.29) is 11.8 Å². The number of piperidine rings is 1. The van der Waals surface area contributed by atoms with Crippen molar-refractivity contribution in [2.24, 2.45) is 11.7 Å². The second kappa shape index (κ2) is 6.97. The fourth-order valence-corrected chi connectivity index (χ4v) is 2.46. The maximum atomic E-state index is 12.2. The van der Waals surface area contributed by atoms with Gasteiger partial charge in [-0.1, -0.05) is 6.92 Å². The Labute approximate surface area is 105 Å². The molecule has 0 aromatic rings. The highest BCUT2D eigenvalue weighted by atomic mass is 16.2. The van der Waals surface area contributed by atoms with Crippen molar-refractivity contribution in [1.29, 1.82) is 0 Å². The van der Waals surface area contributed by atoms with Crippen molar-refractivity contribution in [3.05, 3.63) is 0 Å². The van der Waals surface area contributed by atoms with Gasteiger partial charge in [0.15, 0.2) is 0 Å². The quantitative estimate of drug-likeness (QED) is 0.778. The first-order valence-corrected chi connectivity index (χ1v) is 6.71. The lowest BCUT2D eigenvalue weighted by Gasteiger charge is -2.36. The van der Waals surface area contributed by atoms with Crippen LogP contribution in [-0.2, 0) is 4.79 Å². The molecule has 0 aliphatic carbocycles. The van der Waals surface area contributed by atoms with Crippen LogP contribution in [0.4, 0.5) is 0 Å². The summed E-state index contributed by atoms with van der Waals surface area (Å²) in [5.74, 6) is 0.399. The van der Waals surface area contributed by atoms with Gasteiger partial charge in [-0.3, -0.25) is 4.79 Å². The summed E-state index contributed by atoms with van der Waals surface area (Å²) in [6, 6.07) is 0.430. The Morgan fingerprint density at radius 3 is 2.59 bits per heavy atom. The van der Waals surface area contributed by atoms with Gasteiger partial charge in [0.05, 0.1) is 0 Å². The topological polar surface area (TPSA) is 49.6 Å². The fraction of sp³-hybridized carbons (Fsp3) is 0.923. The molecule has 0 radical (unpaired) electrons. The van der Waals surface area contributed by atoms with E-state index in [0.717, 1.165) is 38.8 Å². The lowest BCUT2D eigenvalue weighted by atomic mass is 9.99. The van der Waals surface area contributed by atoms with Crippen molar-refractivity contribution < 1.29 is 4.79 Å². The number of nitrogens with two attached hydrogens (primary N) is 1. The van der Waals surface area contributed by atoms with E-state index >= 15 is 0 Å². The van der Waals surface area contributed by atoms with Crippen LogP contribution in [-0.4, -0.2) is 55.5 Å². The number of nitrogens with zero attached hydrogens (tertiary/aromatic N) is 2. The predicted molar refractivity (Wildman–Crippen MR) is 70.7 cm³/mol. The first-order chi connectivity index (χ1) is 8.06. The van der Waals surface area contributed by atoms with Gasteiger partial charge in [0.2, 0.25) is 5.91 Å². The zero-order valence-electron chi connectivity index (χ0n) is 11.5. The summed E-state index contributed by atoms with van der Waals surface area (Å²) in [6.45, 7) is 4.89. The first kappa shape index (κ1) is 14.5. The number of hydrogen-bond donors (Lipinski definition) is 1. The van der Waals surface area contributed by atoms with Gasteiger partial charge in [-0.25, -0.2) is 0 Å². The summed E-state index contributed by atoms with van der Waals surface area (Å²) < 4.78 is 0. The van der Waals surface area contributed by atoms with Crippen molar-refractivity contribution >= 4 is 5.91 Å². The molecule has 1 amide bonds. The van der Waals surface area contributed by atoms with Crippen LogP contribution in [0.1, 0.15) is 32.6 Å². The van der Waals surface area contributed by atoms with Gasteiger partial charge in [0, 0.05) is 19.0 Å². The van der Waals surface area contributed by atoms with E-state index in [1.54, 1.807) is 0 Å². The molecular formula is C13H27N3O. The van der Waals surface area contributed by atoms with Gasteiger partial charge >= 0.3 is 0 Å². The molecule has 4 heteroatoms. The second-order valence-electron chi connectivity index (χ2n) is 5.32. The molecule has 0 aromatic carbocycles. The summed E-state index contributed by atoms with van der Waals surface area (Å²) in [7, 11) is 4.10. The summed E-state index contributed by atoms with van der Waals surface area (Å²) in [6.07, 6.45) is 4.05. The van der Waals surface area contributed by atoms with Gasteiger partial charge in [-0.05, 0) is 52.4 Å². The van der Waals surface area contributed by atoms with Crippen molar-refractivity contribution in [2.45, 2.75) is 38.6 Å². The summed E-state index contributed by atoms with van der Waals surface area (Å²) >= 11 is 0. The number of carbonyl (C=O) groups excluding carboxylic acids is 1. The number of amides is 1. The molecule has 1 unspecified atom stereocenters. The SMILES string of the molecule is CC(CCCN)C(=O)N(C)C1CCN(C)CC1. The van der Waals surface area contributed by atoms with Crippen LogP contribution in [0.25, 0.3) is 0 Å². The predicted octanol–water partition coefficient (Wildman–Crippen LogP) is 0.914. The third kappa shape index (κ3) is 4.28. The minimum atomic E-state index is 0.114. The van der Waals surface area contributed by atoms with Crippen molar-refractivity contribution in [3.63, 3.8) is 0 Å². The second-order valence-corrected chi connectivity index (χ2v) is 5.32. The highest BCUT2D eigenvalue weighted by molar-refractivity contribution is 5.78. The summed E-state index contributed by atoms with van der Waals surface area (Å²) in [5, 5.41) is 0. The molecule has 0 spiro atoms. The molecule has 1 fully saturated rings. The van der Waals surface area contributed by atoms with Crippen LogP contribution in [0.3, 0.4) is 0 Å². The van der Waals surface area contributed by atoms with Gasteiger partial charge in [0.25, 0.3) is 0 Å². The van der Waals surface area contributed by atoms with E-state index in [1.807, 2.05) is 18.9 Å². The smallest absolute Gasteiger partial charge is 0.225 e. The minimum Gasteiger partial charge on any atom is -0.342 e. The van der Waals surface area contributed by atoms with E-state index < -0.39 is 0 Å². The molecular weight excluding hydrogens is 214 g/mol. The Balaban J connectivity index is 2.40. The molecule has 100 valence electrons. The van der Waals surface area contributed by atoms with Crippen molar-refractivity contribution in [2.75, 3.05) is 33.7 Å². The lowest BCUT2D eigenvalue weighted by molar-refractivity contribution is -0.136. The largest absolute Gasteiger partial charge is 0.342 e. The van der Waals surface area contributed by atoms with Crippen LogP contribution >= 0.6 is 0 Å².